The lowest BCUT2D eigenvalue weighted by Crippen LogP contribution is -2.38. The van der Waals surface area contributed by atoms with E-state index in [9.17, 15) is 4.79 Å². The zero-order valence-electron chi connectivity index (χ0n) is 15.6. The Kier molecular flexibility index (Phi) is 3.98. The van der Waals surface area contributed by atoms with Gasteiger partial charge in [0.15, 0.2) is 0 Å². The molecular formula is C19H33NO3. The van der Waals surface area contributed by atoms with Crippen molar-refractivity contribution >= 4 is 6.09 Å². The maximum absolute atomic E-state index is 12.2. The van der Waals surface area contributed by atoms with Crippen LogP contribution in [0.1, 0.15) is 67.2 Å². The van der Waals surface area contributed by atoms with Gasteiger partial charge in [0.05, 0.1) is 18.2 Å². The number of fused-ring (bicyclic) bond motifs is 1. The highest BCUT2D eigenvalue weighted by Crippen LogP contribution is 2.71. The van der Waals surface area contributed by atoms with E-state index in [1.165, 1.54) is 19.3 Å². The predicted molar refractivity (Wildman–Crippen MR) is 90.3 cm³/mol. The molecule has 0 spiro atoms. The Labute approximate surface area is 140 Å². The van der Waals surface area contributed by atoms with Crippen LogP contribution in [-0.2, 0) is 9.47 Å². The second-order valence-corrected chi connectivity index (χ2v) is 9.51. The molecule has 0 aromatic rings. The Hall–Kier alpha value is -0.770. The van der Waals surface area contributed by atoms with Gasteiger partial charge in [-0.05, 0) is 57.3 Å². The maximum Gasteiger partial charge on any atom is 0.410 e. The SMILES string of the molecule is CC1CCC2C(C)(C)C2(OC2CCN(C(=O)OC(C)(C)C)C2)C1. The van der Waals surface area contributed by atoms with E-state index in [0.29, 0.717) is 12.5 Å². The molecular weight excluding hydrogens is 290 g/mol. The molecule has 1 aliphatic heterocycles. The quantitative estimate of drug-likeness (QED) is 0.763. The van der Waals surface area contributed by atoms with Crippen LogP contribution >= 0.6 is 0 Å². The van der Waals surface area contributed by atoms with E-state index in [1.807, 2.05) is 25.7 Å². The van der Waals surface area contributed by atoms with E-state index < -0.39 is 5.60 Å². The lowest BCUT2D eigenvalue weighted by Gasteiger charge is -2.31. The molecule has 3 rings (SSSR count). The molecule has 0 bridgehead atoms. The Morgan fingerprint density at radius 2 is 1.87 bits per heavy atom. The topological polar surface area (TPSA) is 38.8 Å². The van der Waals surface area contributed by atoms with Gasteiger partial charge in [-0.3, -0.25) is 0 Å². The summed E-state index contributed by atoms with van der Waals surface area (Å²) in [6.45, 7) is 14.2. The molecule has 4 nitrogen and oxygen atoms in total. The third-order valence-corrected chi connectivity index (χ3v) is 6.21. The van der Waals surface area contributed by atoms with Crippen molar-refractivity contribution in [3.05, 3.63) is 0 Å². The van der Waals surface area contributed by atoms with Crippen molar-refractivity contribution in [1.82, 2.24) is 4.90 Å². The normalized spacial score (nSPS) is 39.0. The number of likely N-dealkylation sites (tertiary alicyclic amines) is 1. The highest BCUT2D eigenvalue weighted by atomic mass is 16.6. The number of hydrogen-bond acceptors (Lipinski definition) is 3. The summed E-state index contributed by atoms with van der Waals surface area (Å²) < 4.78 is 12.1. The minimum atomic E-state index is -0.433. The number of carbonyl (C=O) groups excluding carboxylic acids is 1. The minimum Gasteiger partial charge on any atom is -0.444 e. The smallest absolute Gasteiger partial charge is 0.410 e. The fourth-order valence-corrected chi connectivity index (χ4v) is 4.89. The number of amides is 1. The first-order valence-electron chi connectivity index (χ1n) is 9.21. The van der Waals surface area contributed by atoms with Crippen molar-refractivity contribution in [2.24, 2.45) is 17.3 Å². The summed E-state index contributed by atoms with van der Waals surface area (Å²) in [7, 11) is 0. The molecule has 1 saturated heterocycles. The van der Waals surface area contributed by atoms with E-state index in [2.05, 4.69) is 20.8 Å². The van der Waals surface area contributed by atoms with Crippen LogP contribution in [0.3, 0.4) is 0 Å². The van der Waals surface area contributed by atoms with Gasteiger partial charge in [-0.25, -0.2) is 4.79 Å². The zero-order valence-corrected chi connectivity index (χ0v) is 15.6. The van der Waals surface area contributed by atoms with E-state index >= 15 is 0 Å². The number of carbonyl (C=O) groups is 1. The van der Waals surface area contributed by atoms with Gasteiger partial charge in [-0.15, -0.1) is 0 Å². The summed E-state index contributed by atoms with van der Waals surface area (Å²) in [6.07, 6.45) is 4.68. The molecule has 4 heteroatoms. The van der Waals surface area contributed by atoms with Gasteiger partial charge in [0, 0.05) is 6.54 Å². The van der Waals surface area contributed by atoms with Gasteiger partial charge in [0.1, 0.15) is 5.60 Å². The first-order valence-corrected chi connectivity index (χ1v) is 9.21. The maximum atomic E-state index is 12.2. The number of nitrogens with zero attached hydrogens (tertiary/aromatic N) is 1. The van der Waals surface area contributed by atoms with Gasteiger partial charge in [0.2, 0.25) is 0 Å². The van der Waals surface area contributed by atoms with Crippen LogP contribution in [0.4, 0.5) is 4.79 Å². The summed E-state index contributed by atoms with van der Waals surface area (Å²) in [4.78, 5) is 14.0. The van der Waals surface area contributed by atoms with Crippen molar-refractivity contribution in [2.45, 2.75) is 84.5 Å². The molecule has 0 radical (unpaired) electrons. The molecule has 2 aliphatic carbocycles. The molecule has 23 heavy (non-hydrogen) atoms. The second-order valence-electron chi connectivity index (χ2n) is 9.51. The van der Waals surface area contributed by atoms with E-state index in [1.54, 1.807) is 0 Å². The molecule has 3 aliphatic rings. The van der Waals surface area contributed by atoms with Crippen LogP contribution in [0, 0.1) is 17.3 Å². The largest absolute Gasteiger partial charge is 0.444 e. The molecule has 2 saturated carbocycles. The third kappa shape index (κ3) is 2.99. The Morgan fingerprint density at radius 1 is 1.17 bits per heavy atom. The van der Waals surface area contributed by atoms with Crippen molar-refractivity contribution in [1.29, 1.82) is 0 Å². The number of ether oxygens (including phenoxy) is 2. The summed E-state index contributed by atoms with van der Waals surface area (Å²) in [6, 6.07) is 0. The van der Waals surface area contributed by atoms with Gasteiger partial charge in [0.25, 0.3) is 0 Å². The summed E-state index contributed by atoms with van der Waals surface area (Å²) in [5.41, 5.74) is -0.0898. The molecule has 0 aromatic heterocycles. The van der Waals surface area contributed by atoms with Gasteiger partial charge < -0.3 is 14.4 Å². The summed E-state index contributed by atoms with van der Waals surface area (Å²) in [5, 5.41) is 0. The molecule has 1 heterocycles. The molecule has 4 unspecified atom stereocenters. The van der Waals surface area contributed by atoms with Crippen LogP contribution in [0.5, 0.6) is 0 Å². The standard InChI is InChI=1S/C19H33NO3/c1-13-7-8-15-18(5,6)19(15,11-13)22-14-9-10-20(12-14)16(21)23-17(2,3)4/h13-15H,7-12H2,1-6H3. The number of rotatable bonds is 2. The highest BCUT2D eigenvalue weighted by molar-refractivity contribution is 5.68. The fourth-order valence-electron chi connectivity index (χ4n) is 4.89. The lowest BCUT2D eigenvalue weighted by molar-refractivity contribution is -0.0702. The zero-order chi connectivity index (χ0) is 17.0. The molecule has 0 aromatic carbocycles. The predicted octanol–water partition coefficient (Wildman–Crippen LogP) is 4.23. The van der Waals surface area contributed by atoms with Crippen molar-refractivity contribution in [3.63, 3.8) is 0 Å². The van der Waals surface area contributed by atoms with E-state index in [4.69, 9.17) is 9.47 Å². The molecule has 4 atom stereocenters. The average Bonchev–Trinajstić information content (AvgIpc) is 2.74. The van der Waals surface area contributed by atoms with Crippen LogP contribution in [0.15, 0.2) is 0 Å². The Bertz CT molecular complexity index is 481. The first-order chi connectivity index (χ1) is 10.6. The minimum absolute atomic E-state index is 0.0548. The van der Waals surface area contributed by atoms with Crippen molar-refractivity contribution in [2.75, 3.05) is 13.1 Å². The Balaban J connectivity index is 1.59. The average molecular weight is 323 g/mol. The van der Waals surface area contributed by atoms with Gasteiger partial charge >= 0.3 is 6.09 Å². The Morgan fingerprint density at radius 3 is 2.52 bits per heavy atom. The van der Waals surface area contributed by atoms with E-state index in [-0.39, 0.29) is 23.2 Å². The number of hydrogen-bond donors (Lipinski definition) is 0. The van der Waals surface area contributed by atoms with Crippen molar-refractivity contribution in [3.8, 4) is 0 Å². The van der Waals surface area contributed by atoms with Gasteiger partial charge in [-0.2, -0.15) is 0 Å². The van der Waals surface area contributed by atoms with Crippen LogP contribution in [0.2, 0.25) is 0 Å². The van der Waals surface area contributed by atoms with Crippen LogP contribution in [0.25, 0.3) is 0 Å². The first kappa shape index (κ1) is 17.1. The molecule has 132 valence electrons. The fraction of sp³-hybridized carbons (Fsp3) is 0.947. The van der Waals surface area contributed by atoms with Crippen molar-refractivity contribution < 1.29 is 14.3 Å². The molecule has 1 amide bonds. The summed E-state index contributed by atoms with van der Waals surface area (Å²) in [5.74, 6) is 1.44. The monoisotopic (exact) mass is 323 g/mol. The second kappa shape index (κ2) is 5.37. The molecule has 3 fully saturated rings. The third-order valence-electron chi connectivity index (χ3n) is 6.21. The van der Waals surface area contributed by atoms with E-state index in [0.717, 1.165) is 18.9 Å². The summed E-state index contributed by atoms with van der Waals surface area (Å²) >= 11 is 0. The lowest BCUT2D eigenvalue weighted by atomic mass is 9.88. The van der Waals surface area contributed by atoms with Crippen LogP contribution < -0.4 is 0 Å². The van der Waals surface area contributed by atoms with Crippen LogP contribution in [-0.4, -0.2) is 41.4 Å². The molecule has 0 N–H and O–H groups in total. The highest BCUT2D eigenvalue weighted by Gasteiger charge is 2.73. The van der Waals surface area contributed by atoms with Gasteiger partial charge in [-0.1, -0.05) is 27.2 Å².